The van der Waals surface area contributed by atoms with Crippen LogP contribution < -0.4 is 11.1 Å². The maximum absolute atomic E-state index is 5.99. The molecule has 1 atom stereocenters. The second kappa shape index (κ2) is 11.0. The van der Waals surface area contributed by atoms with E-state index in [1.165, 1.54) is 82.3 Å². The first kappa shape index (κ1) is 24.7. The molecule has 0 radical (unpaired) electrons. The quantitative estimate of drug-likeness (QED) is 0.382. The van der Waals surface area contributed by atoms with Crippen molar-refractivity contribution in [2.24, 2.45) is 5.73 Å². The van der Waals surface area contributed by atoms with Gasteiger partial charge in [-0.25, -0.2) is 0 Å². The van der Waals surface area contributed by atoms with Gasteiger partial charge < -0.3 is 11.1 Å². The van der Waals surface area contributed by atoms with Crippen molar-refractivity contribution in [1.29, 1.82) is 0 Å². The number of fused-ring (bicyclic) bond motifs is 8. The molecule has 2 bridgehead atoms. The summed E-state index contributed by atoms with van der Waals surface area (Å²) in [5.41, 5.74) is 21.9. The van der Waals surface area contributed by atoms with Gasteiger partial charge in [0.1, 0.15) is 0 Å². The van der Waals surface area contributed by atoms with Gasteiger partial charge in [0.25, 0.3) is 0 Å². The van der Waals surface area contributed by atoms with E-state index >= 15 is 0 Å². The molecule has 1 unspecified atom stereocenters. The van der Waals surface area contributed by atoms with Crippen LogP contribution in [0.4, 0.5) is 0 Å². The van der Waals surface area contributed by atoms with Gasteiger partial charge in [0, 0.05) is 18.4 Å². The van der Waals surface area contributed by atoms with Crippen LogP contribution in [0, 0.1) is 6.92 Å². The standard InChI is InChI=1S/C28H29N.C8H9N/c1-19-10-14-25-22(12-11-20-6-2-3-8-23(20)18-29)17-28-24-9-5-4-7-21(24)13-15-26(28)27(25)16-19;1-3-8-4-2-7(1)5-6-9-8/h2-4,6-8,10,13-16,22H,5,9,11-12,17-18,29H2,1H3;1,3,5-6,9H,2,4H2. The van der Waals surface area contributed by atoms with Crippen LogP contribution in [0.2, 0.25) is 0 Å². The Morgan fingerprint density at radius 1 is 0.868 bits per heavy atom. The van der Waals surface area contributed by atoms with E-state index in [0.717, 1.165) is 12.8 Å². The molecule has 2 heterocycles. The van der Waals surface area contributed by atoms with Crippen LogP contribution in [0.3, 0.4) is 0 Å². The number of benzene rings is 3. The summed E-state index contributed by atoms with van der Waals surface area (Å²) in [7, 11) is 0. The molecule has 0 saturated heterocycles. The Bertz CT molecular complexity index is 1470. The van der Waals surface area contributed by atoms with Crippen molar-refractivity contribution in [3.8, 4) is 11.1 Å². The molecule has 0 spiro atoms. The lowest BCUT2D eigenvalue weighted by molar-refractivity contribution is 0.610. The van der Waals surface area contributed by atoms with Crippen molar-refractivity contribution in [3.05, 3.63) is 135 Å². The van der Waals surface area contributed by atoms with Crippen LogP contribution in [0.25, 0.3) is 17.2 Å². The van der Waals surface area contributed by atoms with Crippen LogP contribution in [0.1, 0.15) is 70.5 Å². The van der Waals surface area contributed by atoms with Crippen LogP contribution in [-0.4, -0.2) is 0 Å². The van der Waals surface area contributed by atoms with Gasteiger partial charge in [0.2, 0.25) is 0 Å². The van der Waals surface area contributed by atoms with Gasteiger partial charge in [-0.3, -0.25) is 0 Å². The van der Waals surface area contributed by atoms with Gasteiger partial charge in [-0.05, 0) is 120 Å². The van der Waals surface area contributed by atoms with Gasteiger partial charge in [0.05, 0.1) is 0 Å². The molecule has 2 nitrogen and oxygen atoms in total. The smallest absolute Gasteiger partial charge is 0.0180 e. The molecule has 8 rings (SSSR count). The summed E-state index contributed by atoms with van der Waals surface area (Å²) < 4.78 is 0. The van der Waals surface area contributed by atoms with Gasteiger partial charge in [-0.1, -0.05) is 78.4 Å². The van der Waals surface area contributed by atoms with E-state index < -0.39 is 0 Å². The van der Waals surface area contributed by atoms with Crippen LogP contribution >= 0.6 is 0 Å². The number of allylic oxidation sites excluding steroid dienone is 6. The number of hydrogen-bond acceptors (Lipinski definition) is 2. The number of aryl methyl sites for hydroxylation is 2. The number of nitrogens with two attached hydrogens (primary N) is 1. The molecule has 3 N–H and O–H groups in total. The van der Waals surface area contributed by atoms with Gasteiger partial charge in [-0.15, -0.1) is 0 Å². The van der Waals surface area contributed by atoms with E-state index in [1.54, 1.807) is 11.1 Å². The minimum absolute atomic E-state index is 0.571. The molecule has 192 valence electrons. The van der Waals surface area contributed by atoms with E-state index in [0.29, 0.717) is 12.5 Å². The maximum Gasteiger partial charge on any atom is 0.0180 e. The lowest BCUT2D eigenvalue weighted by Crippen LogP contribution is -2.16. The molecule has 0 saturated carbocycles. The Morgan fingerprint density at radius 3 is 2.61 bits per heavy atom. The molecule has 0 fully saturated rings. The molecule has 0 amide bonds. The summed E-state index contributed by atoms with van der Waals surface area (Å²) in [6, 6.07) is 20.4. The third-order valence-corrected chi connectivity index (χ3v) is 8.56. The fraction of sp³-hybridized carbons (Fsp3) is 0.278. The predicted octanol–water partition coefficient (Wildman–Crippen LogP) is 8.06. The zero-order valence-corrected chi connectivity index (χ0v) is 22.5. The average molecular weight is 499 g/mol. The minimum atomic E-state index is 0.571. The van der Waals surface area contributed by atoms with Crippen molar-refractivity contribution >= 4 is 6.08 Å². The summed E-state index contributed by atoms with van der Waals surface area (Å²) in [4.78, 5) is 0. The summed E-state index contributed by atoms with van der Waals surface area (Å²) in [6.07, 6.45) is 21.3. The molecule has 2 aliphatic heterocycles. The second-order valence-electron chi connectivity index (χ2n) is 11.0. The van der Waals surface area contributed by atoms with E-state index in [4.69, 9.17) is 5.73 Å². The Hall–Kier alpha value is -3.62. The third kappa shape index (κ3) is 5.06. The predicted molar refractivity (Wildman–Crippen MR) is 161 cm³/mol. The summed E-state index contributed by atoms with van der Waals surface area (Å²) in [6.45, 7) is 2.83. The van der Waals surface area contributed by atoms with Gasteiger partial charge in [-0.2, -0.15) is 0 Å². The zero-order valence-electron chi connectivity index (χ0n) is 22.5. The van der Waals surface area contributed by atoms with Crippen molar-refractivity contribution in [2.45, 2.75) is 64.3 Å². The van der Waals surface area contributed by atoms with Crippen molar-refractivity contribution < 1.29 is 0 Å². The first-order valence-corrected chi connectivity index (χ1v) is 14.2. The summed E-state index contributed by atoms with van der Waals surface area (Å²) >= 11 is 0. The minimum Gasteiger partial charge on any atom is -0.365 e. The second-order valence-corrected chi connectivity index (χ2v) is 11.0. The van der Waals surface area contributed by atoms with Crippen LogP contribution in [0.15, 0.2) is 96.4 Å². The van der Waals surface area contributed by atoms with E-state index in [1.807, 2.05) is 6.20 Å². The maximum atomic E-state index is 5.99. The van der Waals surface area contributed by atoms with Gasteiger partial charge in [0.15, 0.2) is 0 Å². The topological polar surface area (TPSA) is 38.0 Å². The highest BCUT2D eigenvalue weighted by Crippen LogP contribution is 2.45. The van der Waals surface area contributed by atoms with Crippen LogP contribution in [-0.2, 0) is 25.8 Å². The highest BCUT2D eigenvalue weighted by atomic mass is 14.9. The van der Waals surface area contributed by atoms with E-state index in [-0.39, 0.29) is 0 Å². The first-order chi connectivity index (χ1) is 18.7. The fourth-order valence-electron chi connectivity index (χ4n) is 6.46. The molecular formula is C36H38N2. The lowest BCUT2D eigenvalue weighted by Gasteiger charge is -2.31. The average Bonchev–Trinajstić information content (AvgIpc) is 3.34. The summed E-state index contributed by atoms with van der Waals surface area (Å²) in [5.74, 6) is 0.571. The zero-order chi connectivity index (χ0) is 25.9. The van der Waals surface area contributed by atoms with Crippen molar-refractivity contribution in [1.82, 2.24) is 5.32 Å². The summed E-state index contributed by atoms with van der Waals surface area (Å²) in [5, 5.41) is 3.20. The fourth-order valence-corrected chi connectivity index (χ4v) is 6.46. The highest BCUT2D eigenvalue weighted by molar-refractivity contribution is 5.78. The Morgan fingerprint density at radius 2 is 1.76 bits per heavy atom. The molecule has 3 aliphatic carbocycles. The molecule has 0 aromatic heterocycles. The van der Waals surface area contributed by atoms with Gasteiger partial charge >= 0.3 is 0 Å². The van der Waals surface area contributed by atoms with Crippen molar-refractivity contribution in [3.63, 3.8) is 0 Å². The first-order valence-electron chi connectivity index (χ1n) is 14.2. The SMILES string of the molecule is C1=CC2=CC=C(CC2)N1.Cc1ccc2c(c1)-c1ccc3c(c1CC2CCc1ccccc1CN)CCC=C3. The number of hydrogen-bond donors (Lipinski definition) is 2. The lowest BCUT2D eigenvalue weighted by atomic mass is 9.73. The molecular weight excluding hydrogens is 460 g/mol. The number of nitrogens with one attached hydrogen (secondary N) is 1. The molecule has 5 aliphatic rings. The largest absolute Gasteiger partial charge is 0.365 e. The normalized spacial score (nSPS) is 18.1. The van der Waals surface area contributed by atoms with E-state index in [9.17, 15) is 0 Å². The Balaban J connectivity index is 0.000000246. The van der Waals surface area contributed by atoms with Crippen molar-refractivity contribution in [2.75, 3.05) is 0 Å². The van der Waals surface area contributed by atoms with Crippen LogP contribution in [0.5, 0.6) is 0 Å². The molecule has 2 heteroatoms. The van der Waals surface area contributed by atoms with E-state index in [2.05, 4.69) is 97.2 Å². The highest BCUT2D eigenvalue weighted by Gasteiger charge is 2.27. The Labute approximate surface area is 227 Å². The third-order valence-electron chi connectivity index (χ3n) is 8.56. The molecule has 38 heavy (non-hydrogen) atoms. The Kier molecular flexibility index (Phi) is 7.16. The molecule has 3 aromatic carbocycles. The number of rotatable bonds is 4. The monoisotopic (exact) mass is 498 g/mol. The molecule has 3 aromatic rings.